The summed E-state index contributed by atoms with van der Waals surface area (Å²) < 4.78 is 6.60. The quantitative estimate of drug-likeness (QED) is 0.749. The van der Waals surface area contributed by atoms with Crippen molar-refractivity contribution < 1.29 is 14.9 Å². The lowest BCUT2D eigenvalue weighted by Gasteiger charge is -2.63. The Bertz CT molecular complexity index is 966. The van der Waals surface area contributed by atoms with Gasteiger partial charge in [0.2, 0.25) is 0 Å². The van der Waals surface area contributed by atoms with Crippen LogP contribution in [0.2, 0.25) is 0 Å². The predicted molar refractivity (Wildman–Crippen MR) is 124 cm³/mol. The highest BCUT2D eigenvalue weighted by Crippen LogP contribution is 2.65. The van der Waals surface area contributed by atoms with Crippen molar-refractivity contribution in [1.82, 2.24) is 4.90 Å². The van der Waals surface area contributed by atoms with Crippen molar-refractivity contribution in [2.24, 2.45) is 16.8 Å². The number of likely N-dealkylation sites (tertiary alicyclic amines) is 1. The van der Waals surface area contributed by atoms with E-state index in [-0.39, 0.29) is 17.9 Å². The molecule has 6 aliphatic rings. The van der Waals surface area contributed by atoms with Crippen LogP contribution in [-0.2, 0) is 11.8 Å². The number of ether oxygens (including phenoxy) is 1. The fourth-order valence-electron chi connectivity index (χ4n) is 8.06. The molecule has 3 saturated carbocycles. The molecule has 4 aliphatic carbocycles. The zero-order chi connectivity index (χ0) is 21.5. The molecule has 1 spiro atoms. The Morgan fingerprint density at radius 1 is 1.06 bits per heavy atom. The molecule has 4 atom stereocenters. The maximum absolute atomic E-state index is 12.5. The standard InChI is InChI=1S/C27H36N2O3/c30-21-9-8-19-14-22-27(31)11-10-20(28-15-17-4-2-1-3-5-17)25-26(27,23(19)24(21)32-25)12-13-29(22)16-18-6-7-18/h8-9,17-18,22,25,30-31H,1-7,10-16H2/t22-,25+,26+,27-/m1/s1. The molecule has 32 heavy (non-hydrogen) atoms. The molecular formula is C27H36N2O3. The first-order chi connectivity index (χ1) is 15.6. The van der Waals surface area contributed by atoms with Crippen molar-refractivity contribution in [1.29, 1.82) is 0 Å². The fraction of sp³-hybridized carbons (Fsp3) is 0.741. The van der Waals surface area contributed by atoms with Crippen LogP contribution in [0.3, 0.4) is 0 Å². The third-order valence-electron chi connectivity index (χ3n) is 9.86. The molecule has 1 saturated heterocycles. The van der Waals surface area contributed by atoms with Gasteiger partial charge in [0.15, 0.2) is 11.5 Å². The van der Waals surface area contributed by atoms with Crippen LogP contribution in [-0.4, -0.2) is 58.2 Å². The number of aromatic hydroxyl groups is 1. The van der Waals surface area contributed by atoms with Crippen LogP contribution in [0.4, 0.5) is 0 Å². The van der Waals surface area contributed by atoms with E-state index in [4.69, 9.17) is 9.73 Å². The fourth-order valence-corrected chi connectivity index (χ4v) is 8.06. The van der Waals surface area contributed by atoms with E-state index < -0.39 is 11.0 Å². The van der Waals surface area contributed by atoms with Crippen molar-refractivity contribution in [2.75, 3.05) is 19.6 Å². The van der Waals surface area contributed by atoms with Crippen LogP contribution >= 0.6 is 0 Å². The summed E-state index contributed by atoms with van der Waals surface area (Å²) in [7, 11) is 0. The lowest BCUT2D eigenvalue weighted by molar-refractivity contribution is -0.166. The smallest absolute Gasteiger partial charge is 0.166 e. The number of hydrogen-bond acceptors (Lipinski definition) is 5. The van der Waals surface area contributed by atoms with Crippen molar-refractivity contribution in [3.8, 4) is 11.5 Å². The van der Waals surface area contributed by atoms with Crippen LogP contribution in [0, 0.1) is 11.8 Å². The van der Waals surface area contributed by atoms with Gasteiger partial charge >= 0.3 is 0 Å². The molecule has 2 aliphatic heterocycles. The van der Waals surface area contributed by atoms with E-state index in [1.54, 1.807) is 6.07 Å². The molecule has 1 aromatic carbocycles. The molecule has 2 bridgehead atoms. The average molecular weight is 437 g/mol. The van der Waals surface area contributed by atoms with Gasteiger partial charge in [-0.2, -0.15) is 0 Å². The van der Waals surface area contributed by atoms with Gasteiger partial charge in [-0.15, -0.1) is 0 Å². The largest absolute Gasteiger partial charge is 0.504 e. The summed E-state index contributed by atoms with van der Waals surface area (Å²) in [6.45, 7) is 3.03. The molecule has 7 rings (SSSR count). The minimum absolute atomic E-state index is 0.144. The molecule has 2 N–H and O–H groups in total. The number of aliphatic hydroxyl groups is 1. The van der Waals surface area contributed by atoms with Gasteiger partial charge in [-0.1, -0.05) is 25.3 Å². The zero-order valence-electron chi connectivity index (χ0n) is 19.1. The molecule has 2 heterocycles. The lowest BCUT2D eigenvalue weighted by Crippen LogP contribution is -2.76. The maximum Gasteiger partial charge on any atom is 0.166 e. The van der Waals surface area contributed by atoms with E-state index in [9.17, 15) is 10.2 Å². The summed E-state index contributed by atoms with van der Waals surface area (Å²) in [6, 6.07) is 4.03. The number of phenolic OH excluding ortho intramolecular Hbond substituents is 1. The van der Waals surface area contributed by atoms with Crippen molar-refractivity contribution in [2.45, 2.75) is 93.8 Å². The van der Waals surface area contributed by atoms with Gasteiger partial charge in [0.25, 0.3) is 0 Å². The molecule has 1 aromatic rings. The highest BCUT2D eigenvalue weighted by molar-refractivity contribution is 5.94. The highest BCUT2D eigenvalue weighted by atomic mass is 16.5. The first-order valence-corrected chi connectivity index (χ1v) is 13.1. The van der Waals surface area contributed by atoms with E-state index >= 15 is 0 Å². The molecule has 0 unspecified atom stereocenters. The Kier molecular flexibility index (Phi) is 4.31. The molecule has 0 aromatic heterocycles. The average Bonchev–Trinajstić information content (AvgIpc) is 3.54. The number of aliphatic imine (C=N–C) groups is 1. The van der Waals surface area contributed by atoms with Crippen LogP contribution in [0.1, 0.15) is 75.3 Å². The molecular weight excluding hydrogens is 400 g/mol. The number of piperidine rings is 1. The molecule has 4 fully saturated rings. The molecule has 0 amide bonds. The Morgan fingerprint density at radius 2 is 1.91 bits per heavy atom. The van der Waals surface area contributed by atoms with Crippen LogP contribution in [0.25, 0.3) is 0 Å². The Balaban J connectivity index is 1.30. The summed E-state index contributed by atoms with van der Waals surface area (Å²) in [5.41, 5.74) is 2.25. The second-order valence-corrected chi connectivity index (χ2v) is 11.6. The van der Waals surface area contributed by atoms with Gasteiger partial charge in [0, 0.05) is 24.7 Å². The van der Waals surface area contributed by atoms with Crippen LogP contribution in [0.15, 0.2) is 17.1 Å². The monoisotopic (exact) mass is 436 g/mol. The predicted octanol–water partition coefficient (Wildman–Crippen LogP) is 3.98. The Morgan fingerprint density at radius 3 is 2.72 bits per heavy atom. The number of benzene rings is 1. The topological polar surface area (TPSA) is 65.3 Å². The third kappa shape index (κ3) is 2.61. The van der Waals surface area contributed by atoms with E-state index in [1.165, 1.54) is 50.5 Å². The van der Waals surface area contributed by atoms with E-state index in [0.29, 0.717) is 11.7 Å². The van der Waals surface area contributed by atoms with Gasteiger partial charge in [-0.3, -0.25) is 9.89 Å². The summed E-state index contributed by atoms with van der Waals surface area (Å²) in [6.07, 6.45) is 12.4. The summed E-state index contributed by atoms with van der Waals surface area (Å²) >= 11 is 0. The first-order valence-electron chi connectivity index (χ1n) is 13.1. The minimum atomic E-state index is -0.805. The lowest BCUT2D eigenvalue weighted by atomic mass is 9.49. The second-order valence-electron chi connectivity index (χ2n) is 11.6. The number of nitrogens with zero attached hydrogens (tertiary/aromatic N) is 2. The van der Waals surface area contributed by atoms with E-state index in [0.717, 1.165) is 62.5 Å². The first kappa shape index (κ1) is 19.8. The molecule has 172 valence electrons. The highest BCUT2D eigenvalue weighted by Gasteiger charge is 2.72. The van der Waals surface area contributed by atoms with Crippen LogP contribution in [0.5, 0.6) is 11.5 Å². The van der Waals surface area contributed by atoms with E-state index in [1.807, 2.05) is 0 Å². The minimum Gasteiger partial charge on any atom is -0.504 e. The maximum atomic E-state index is 12.5. The Hall–Kier alpha value is -1.59. The van der Waals surface area contributed by atoms with Crippen molar-refractivity contribution in [3.63, 3.8) is 0 Å². The van der Waals surface area contributed by atoms with E-state index in [2.05, 4.69) is 11.0 Å². The number of rotatable bonds is 4. The molecule has 5 heteroatoms. The third-order valence-corrected chi connectivity index (χ3v) is 9.86. The summed E-state index contributed by atoms with van der Waals surface area (Å²) in [5.74, 6) is 2.37. The number of hydrogen-bond donors (Lipinski definition) is 2. The normalized spacial score (nSPS) is 39.7. The van der Waals surface area contributed by atoms with Gasteiger partial charge < -0.3 is 14.9 Å². The van der Waals surface area contributed by atoms with Crippen molar-refractivity contribution >= 4 is 5.71 Å². The van der Waals surface area contributed by atoms with Gasteiger partial charge in [-0.25, -0.2) is 0 Å². The number of phenols is 1. The summed E-state index contributed by atoms with van der Waals surface area (Å²) in [4.78, 5) is 7.78. The Labute approximate surface area is 190 Å². The van der Waals surface area contributed by atoms with Crippen LogP contribution < -0.4 is 4.74 Å². The van der Waals surface area contributed by atoms with Gasteiger partial charge in [0.05, 0.1) is 16.7 Å². The SMILES string of the molecule is Oc1ccc2c3c1O[C@H]1C(=NCC4CCCCC4)CC[C@@]4(O)[C@@H](C2)N(CC2CC2)CC[C@]314. The second kappa shape index (κ2) is 6.96. The van der Waals surface area contributed by atoms with Crippen molar-refractivity contribution in [3.05, 3.63) is 23.3 Å². The molecule has 0 radical (unpaired) electrons. The van der Waals surface area contributed by atoms with Gasteiger partial charge in [-0.05, 0) is 81.4 Å². The van der Waals surface area contributed by atoms with Gasteiger partial charge in [0.1, 0.15) is 6.10 Å². The summed E-state index contributed by atoms with van der Waals surface area (Å²) in [5, 5.41) is 23.2. The molecule has 5 nitrogen and oxygen atoms in total. The zero-order valence-corrected chi connectivity index (χ0v) is 19.1.